The summed E-state index contributed by atoms with van der Waals surface area (Å²) in [5.74, 6) is 0. The molecule has 0 spiro atoms. The SMILES string of the molecule is C.CC.CC(C)(C)c1ccc2[nH]ccc2c1. The van der Waals surface area contributed by atoms with Crippen LogP contribution in [0, 0.1) is 0 Å². The van der Waals surface area contributed by atoms with Crippen LogP contribution in [0.5, 0.6) is 0 Å². The number of fused-ring (bicyclic) bond motifs is 1. The summed E-state index contributed by atoms with van der Waals surface area (Å²) in [5, 5.41) is 1.30. The van der Waals surface area contributed by atoms with Gasteiger partial charge in [0.25, 0.3) is 0 Å². The molecule has 1 nitrogen and oxygen atoms in total. The monoisotopic (exact) mass is 219 g/mol. The highest BCUT2D eigenvalue weighted by Crippen LogP contribution is 2.25. The zero-order valence-corrected chi connectivity index (χ0v) is 10.4. The third-order valence-electron chi connectivity index (χ3n) is 2.42. The van der Waals surface area contributed by atoms with Gasteiger partial charge in [-0.15, -0.1) is 0 Å². The molecule has 0 fully saturated rings. The molecule has 0 unspecified atom stereocenters. The van der Waals surface area contributed by atoms with Crippen LogP contribution in [0.25, 0.3) is 10.9 Å². The largest absolute Gasteiger partial charge is 0.361 e. The summed E-state index contributed by atoms with van der Waals surface area (Å²) in [4.78, 5) is 3.20. The Hall–Kier alpha value is -1.24. The van der Waals surface area contributed by atoms with Gasteiger partial charge in [-0.2, -0.15) is 0 Å². The van der Waals surface area contributed by atoms with Crippen molar-refractivity contribution >= 4 is 10.9 Å². The van der Waals surface area contributed by atoms with Crippen LogP contribution < -0.4 is 0 Å². The molecule has 0 bridgehead atoms. The zero-order valence-electron chi connectivity index (χ0n) is 10.4. The Bertz CT molecular complexity index is 418. The Balaban J connectivity index is 0.000000711. The molecule has 0 aliphatic carbocycles. The summed E-state index contributed by atoms with van der Waals surface area (Å²) in [6, 6.07) is 8.71. The van der Waals surface area contributed by atoms with Crippen molar-refractivity contribution in [2.75, 3.05) is 0 Å². The van der Waals surface area contributed by atoms with Crippen molar-refractivity contribution in [3.05, 3.63) is 36.0 Å². The number of aromatic amines is 1. The number of hydrogen-bond donors (Lipinski definition) is 1. The van der Waals surface area contributed by atoms with Crippen LogP contribution in [0.1, 0.15) is 47.6 Å². The van der Waals surface area contributed by atoms with Crippen molar-refractivity contribution < 1.29 is 0 Å². The van der Waals surface area contributed by atoms with E-state index in [1.54, 1.807) is 0 Å². The quantitative estimate of drug-likeness (QED) is 0.632. The first-order valence-corrected chi connectivity index (χ1v) is 5.65. The van der Waals surface area contributed by atoms with Gasteiger partial charge < -0.3 is 4.98 Å². The van der Waals surface area contributed by atoms with Gasteiger partial charge in [-0.25, -0.2) is 0 Å². The van der Waals surface area contributed by atoms with Gasteiger partial charge in [0.05, 0.1) is 0 Å². The van der Waals surface area contributed by atoms with E-state index >= 15 is 0 Å². The van der Waals surface area contributed by atoms with Crippen LogP contribution in [0.4, 0.5) is 0 Å². The second kappa shape index (κ2) is 5.74. The fourth-order valence-electron chi connectivity index (χ4n) is 1.52. The summed E-state index contributed by atoms with van der Waals surface area (Å²) >= 11 is 0. The van der Waals surface area contributed by atoms with Crippen LogP contribution in [0.3, 0.4) is 0 Å². The molecule has 0 amide bonds. The molecule has 0 aliphatic heterocycles. The van der Waals surface area contributed by atoms with E-state index in [0.717, 1.165) is 0 Å². The first-order valence-electron chi connectivity index (χ1n) is 5.65. The van der Waals surface area contributed by atoms with Gasteiger partial charge in [-0.05, 0) is 34.6 Å². The molecular formula is C15H25N. The minimum Gasteiger partial charge on any atom is -0.361 e. The summed E-state index contributed by atoms with van der Waals surface area (Å²) in [5.41, 5.74) is 2.85. The van der Waals surface area contributed by atoms with Crippen LogP contribution in [0.2, 0.25) is 0 Å². The van der Waals surface area contributed by atoms with E-state index in [-0.39, 0.29) is 12.8 Å². The predicted octanol–water partition coefficient (Wildman–Crippen LogP) is 5.13. The van der Waals surface area contributed by atoms with E-state index in [1.165, 1.54) is 16.5 Å². The number of H-pyrrole nitrogens is 1. The Morgan fingerprint density at radius 1 is 1.00 bits per heavy atom. The summed E-state index contributed by atoms with van der Waals surface area (Å²) in [7, 11) is 0. The highest BCUT2D eigenvalue weighted by molar-refractivity contribution is 5.80. The van der Waals surface area contributed by atoms with E-state index in [0.29, 0.717) is 0 Å². The van der Waals surface area contributed by atoms with Crippen molar-refractivity contribution in [2.24, 2.45) is 0 Å². The van der Waals surface area contributed by atoms with Crippen LogP contribution in [-0.2, 0) is 5.41 Å². The maximum Gasteiger partial charge on any atom is 0.0454 e. The van der Waals surface area contributed by atoms with Crippen molar-refractivity contribution in [1.29, 1.82) is 0 Å². The standard InChI is InChI=1S/C12H15N.C2H6.CH4/c1-12(2,3)10-4-5-11-9(8-10)6-7-13-11;1-2;/h4-8,13H,1-3H3;1-2H3;1H4. The molecular weight excluding hydrogens is 194 g/mol. The number of aromatic nitrogens is 1. The third-order valence-corrected chi connectivity index (χ3v) is 2.42. The molecule has 1 aromatic heterocycles. The van der Waals surface area contributed by atoms with E-state index in [2.05, 4.69) is 50.0 Å². The van der Waals surface area contributed by atoms with E-state index in [4.69, 9.17) is 0 Å². The maximum absolute atomic E-state index is 3.20. The number of hydrogen-bond acceptors (Lipinski definition) is 0. The molecule has 2 aromatic rings. The highest BCUT2D eigenvalue weighted by Gasteiger charge is 2.13. The smallest absolute Gasteiger partial charge is 0.0454 e. The molecule has 1 N–H and O–H groups in total. The Kier molecular flexibility index (Phi) is 5.29. The lowest BCUT2D eigenvalue weighted by Gasteiger charge is -2.18. The van der Waals surface area contributed by atoms with Gasteiger partial charge in [0.1, 0.15) is 0 Å². The van der Waals surface area contributed by atoms with Gasteiger partial charge in [0.2, 0.25) is 0 Å². The molecule has 16 heavy (non-hydrogen) atoms. The molecule has 0 atom stereocenters. The van der Waals surface area contributed by atoms with Crippen molar-refractivity contribution in [1.82, 2.24) is 4.98 Å². The molecule has 0 saturated carbocycles. The molecule has 1 aromatic carbocycles. The van der Waals surface area contributed by atoms with Gasteiger partial charge in [-0.3, -0.25) is 0 Å². The topological polar surface area (TPSA) is 15.8 Å². The van der Waals surface area contributed by atoms with Gasteiger partial charge in [0, 0.05) is 11.7 Å². The third kappa shape index (κ3) is 3.13. The van der Waals surface area contributed by atoms with E-state index < -0.39 is 0 Å². The molecule has 0 radical (unpaired) electrons. The van der Waals surface area contributed by atoms with E-state index in [1.807, 2.05) is 20.0 Å². The minimum atomic E-state index is 0. The lowest BCUT2D eigenvalue weighted by Crippen LogP contribution is -2.10. The Morgan fingerprint density at radius 3 is 2.19 bits per heavy atom. The Labute approximate surface area is 99.9 Å². The molecule has 90 valence electrons. The first kappa shape index (κ1) is 14.8. The second-order valence-corrected chi connectivity index (χ2v) is 4.53. The highest BCUT2D eigenvalue weighted by atomic mass is 14.7. The lowest BCUT2D eigenvalue weighted by atomic mass is 9.86. The van der Waals surface area contributed by atoms with Gasteiger partial charge in [0.15, 0.2) is 0 Å². The van der Waals surface area contributed by atoms with Crippen molar-refractivity contribution in [3.63, 3.8) is 0 Å². The maximum atomic E-state index is 3.20. The number of benzene rings is 1. The van der Waals surface area contributed by atoms with Gasteiger partial charge in [-0.1, -0.05) is 48.1 Å². The molecule has 1 heteroatoms. The summed E-state index contributed by atoms with van der Waals surface area (Å²) in [6.07, 6.45) is 1.98. The molecule has 0 saturated heterocycles. The van der Waals surface area contributed by atoms with Crippen molar-refractivity contribution in [2.45, 2.75) is 47.5 Å². The van der Waals surface area contributed by atoms with E-state index in [9.17, 15) is 0 Å². The normalized spacial score (nSPS) is 10.3. The molecule has 1 heterocycles. The van der Waals surface area contributed by atoms with Crippen LogP contribution in [0.15, 0.2) is 30.5 Å². The molecule has 2 rings (SSSR count). The number of nitrogens with one attached hydrogen (secondary N) is 1. The summed E-state index contributed by atoms with van der Waals surface area (Å²) < 4.78 is 0. The van der Waals surface area contributed by atoms with Crippen LogP contribution >= 0.6 is 0 Å². The fourth-order valence-corrected chi connectivity index (χ4v) is 1.52. The lowest BCUT2D eigenvalue weighted by molar-refractivity contribution is 0.591. The summed E-state index contributed by atoms with van der Waals surface area (Å²) in [6.45, 7) is 10.7. The second-order valence-electron chi connectivity index (χ2n) is 4.53. The fraction of sp³-hybridized carbons (Fsp3) is 0.467. The average Bonchev–Trinajstić information content (AvgIpc) is 2.66. The zero-order chi connectivity index (χ0) is 11.5. The van der Waals surface area contributed by atoms with Gasteiger partial charge >= 0.3 is 0 Å². The Morgan fingerprint density at radius 2 is 1.62 bits per heavy atom. The van der Waals surface area contributed by atoms with Crippen LogP contribution in [-0.4, -0.2) is 4.98 Å². The number of rotatable bonds is 0. The first-order chi connectivity index (χ1) is 7.07. The predicted molar refractivity (Wildman–Crippen MR) is 75.1 cm³/mol. The van der Waals surface area contributed by atoms with Crippen molar-refractivity contribution in [3.8, 4) is 0 Å². The minimum absolute atomic E-state index is 0. The average molecular weight is 219 g/mol. The molecule has 0 aliphatic rings.